The summed E-state index contributed by atoms with van der Waals surface area (Å²) < 4.78 is 30.4. The van der Waals surface area contributed by atoms with Gasteiger partial charge in [-0.05, 0) is 43.0 Å². The van der Waals surface area contributed by atoms with Crippen molar-refractivity contribution in [2.75, 3.05) is 7.11 Å². The number of benzene rings is 2. The van der Waals surface area contributed by atoms with E-state index < -0.39 is 21.1 Å². The number of carbonyl (C=O) groups is 1. The van der Waals surface area contributed by atoms with Gasteiger partial charge >= 0.3 is 5.97 Å². The molecule has 0 saturated carbocycles. The van der Waals surface area contributed by atoms with Crippen LogP contribution in [-0.2, 0) is 21.1 Å². The fourth-order valence-electron chi connectivity index (χ4n) is 2.92. The number of sulfone groups is 1. The van der Waals surface area contributed by atoms with Gasteiger partial charge in [0.25, 0.3) is 0 Å². The third-order valence-corrected chi connectivity index (χ3v) is 6.44. The summed E-state index contributed by atoms with van der Waals surface area (Å²) in [6, 6.07) is 15.5. The molecule has 0 spiro atoms. The number of hydrogen-bond acceptors (Lipinski definition) is 4. The number of aryl methyl sites for hydroxylation is 1. The molecule has 0 radical (unpaired) electrons. The second-order valence-corrected chi connectivity index (χ2v) is 8.23. The summed E-state index contributed by atoms with van der Waals surface area (Å²) in [6.07, 6.45) is 3.06. The van der Waals surface area contributed by atoms with Crippen LogP contribution < -0.4 is 4.74 Å². The molecule has 0 aliphatic carbocycles. The third kappa shape index (κ3) is 5.08. The zero-order chi connectivity index (χ0) is 19.0. The van der Waals surface area contributed by atoms with Crippen molar-refractivity contribution in [1.29, 1.82) is 0 Å². The number of ether oxygens (including phenoxy) is 1. The fraction of sp³-hybridized carbons (Fsp3) is 0.350. The molecule has 0 aromatic heterocycles. The van der Waals surface area contributed by atoms with E-state index in [1.165, 1.54) is 12.1 Å². The van der Waals surface area contributed by atoms with Crippen molar-refractivity contribution in [3.05, 3.63) is 60.2 Å². The molecule has 140 valence electrons. The summed E-state index contributed by atoms with van der Waals surface area (Å²) in [5.41, 5.74) is 1.10. The van der Waals surface area contributed by atoms with E-state index in [-0.39, 0.29) is 11.3 Å². The third-order valence-electron chi connectivity index (χ3n) is 4.33. The Labute approximate surface area is 154 Å². The van der Waals surface area contributed by atoms with E-state index >= 15 is 0 Å². The maximum Gasteiger partial charge on any atom is 0.322 e. The van der Waals surface area contributed by atoms with Crippen molar-refractivity contribution >= 4 is 15.8 Å². The average Bonchev–Trinajstić information content (AvgIpc) is 2.65. The molecule has 2 aromatic rings. The van der Waals surface area contributed by atoms with Crippen LogP contribution in [0, 0.1) is 0 Å². The first-order valence-corrected chi connectivity index (χ1v) is 10.1. The molecule has 0 amide bonds. The topological polar surface area (TPSA) is 80.7 Å². The Kier molecular flexibility index (Phi) is 7.21. The molecule has 5 nitrogen and oxygen atoms in total. The number of carboxylic acid groups (broad SMARTS) is 1. The minimum Gasteiger partial charge on any atom is -0.496 e. The van der Waals surface area contributed by atoms with E-state index in [1.54, 1.807) is 25.3 Å². The molecule has 0 saturated heterocycles. The first kappa shape index (κ1) is 20.0. The summed E-state index contributed by atoms with van der Waals surface area (Å²) >= 11 is 0. The highest BCUT2D eigenvalue weighted by molar-refractivity contribution is 7.92. The summed E-state index contributed by atoms with van der Waals surface area (Å²) in [7, 11) is -2.24. The molecule has 0 aliphatic rings. The number of rotatable bonds is 10. The molecule has 0 heterocycles. The van der Waals surface area contributed by atoms with Gasteiger partial charge in [0.2, 0.25) is 0 Å². The summed E-state index contributed by atoms with van der Waals surface area (Å²) in [4.78, 5) is 11.5. The van der Waals surface area contributed by atoms with Gasteiger partial charge in [-0.3, -0.25) is 4.79 Å². The lowest BCUT2D eigenvalue weighted by atomic mass is 10.0. The second-order valence-electron chi connectivity index (χ2n) is 6.10. The molecule has 0 aliphatic heterocycles. The van der Waals surface area contributed by atoms with E-state index in [4.69, 9.17) is 4.74 Å². The van der Waals surface area contributed by atoms with Gasteiger partial charge < -0.3 is 9.84 Å². The number of para-hydroxylation sites is 1. The normalized spacial score (nSPS) is 12.5. The highest BCUT2D eigenvalue weighted by atomic mass is 32.2. The van der Waals surface area contributed by atoms with Crippen LogP contribution in [0.5, 0.6) is 5.75 Å². The summed E-state index contributed by atoms with van der Waals surface area (Å²) in [5, 5.41) is 7.97. The maximum absolute atomic E-state index is 12.5. The number of methoxy groups -OCH3 is 1. The molecule has 2 aromatic carbocycles. The number of hydrogen-bond donors (Lipinski definition) is 1. The quantitative estimate of drug-likeness (QED) is 0.639. The van der Waals surface area contributed by atoms with Gasteiger partial charge in [-0.25, -0.2) is 8.42 Å². The van der Waals surface area contributed by atoms with Crippen molar-refractivity contribution < 1.29 is 23.1 Å². The van der Waals surface area contributed by atoms with Crippen LogP contribution in [0.1, 0.15) is 31.2 Å². The first-order chi connectivity index (χ1) is 12.5. The van der Waals surface area contributed by atoms with Crippen molar-refractivity contribution in [2.45, 2.75) is 42.2 Å². The van der Waals surface area contributed by atoms with Gasteiger partial charge in [-0.2, -0.15) is 0 Å². The van der Waals surface area contributed by atoms with Crippen molar-refractivity contribution in [2.24, 2.45) is 0 Å². The lowest BCUT2D eigenvalue weighted by Crippen LogP contribution is -2.30. The highest BCUT2D eigenvalue weighted by Gasteiger charge is 2.33. The molecule has 0 bridgehead atoms. The summed E-state index contributed by atoms with van der Waals surface area (Å²) in [6.45, 7) is 0. The lowest BCUT2D eigenvalue weighted by molar-refractivity contribution is -0.136. The number of unbranched alkanes of at least 4 members (excludes halogenated alkanes) is 2. The van der Waals surface area contributed by atoms with Gasteiger partial charge in [0, 0.05) is 0 Å². The number of aliphatic carboxylic acids is 1. The molecule has 2 rings (SSSR count). The Morgan fingerprint density at radius 3 is 2.31 bits per heavy atom. The monoisotopic (exact) mass is 376 g/mol. The van der Waals surface area contributed by atoms with E-state index in [0.29, 0.717) is 6.42 Å². The molecule has 1 atom stereocenters. The van der Waals surface area contributed by atoms with Crippen LogP contribution in [0.25, 0.3) is 0 Å². The Morgan fingerprint density at radius 1 is 1.00 bits per heavy atom. The van der Waals surface area contributed by atoms with Crippen LogP contribution >= 0.6 is 0 Å². The van der Waals surface area contributed by atoms with Crippen LogP contribution in [0.15, 0.2) is 59.5 Å². The average molecular weight is 376 g/mol. The maximum atomic E-state index is 12.5. The Bertz CT molecular complexity index is 815. The molecular weight excluding hydrogens is 352 g/mol. The largest absolute Gasteiger partial charge is 0.496 e. The van der Waals surface area contributed by atoms with Gasteiger partial charge in [-0.1, -0.05) is 49.2 Å². The molecule has 1 N–H and O–H groups in total. The van der Waals surface area contributed by atoms with E-state index in [0.717, 1.165) is 30.6 Å². The molecular formula is C20H24O5S. The van der Waals surface area contributed by atoms with Crippen molar-refractivity contribution in [3.63, 3.8) is 0 Å². The molecule has 6 heteroatoms. The van der Waals surface area contributed by atoms with E-state index in [2.05, 4.69) is 0 Å². The van der Waals surface area contributed by atoms with Crippen molar-refractivity contribution in [3.8, 4) is 5.75 Å². The Morgan fingerprint density at radius 2 is 1.65 bits per heavy atom. The molecule has 26 heavy (non-hydrogen) atoms. The smallest absolute Gasteiger partial charge is 0.322 e. The van der Waals surface area contributed by atoms with Crippen LogP contribution in [0.2, 0.25) is 0 Å². The zero-order valence-corrected chi connectivity index (χ0v) is 15.6. The SMILES string of the molecule is COc1ccccc1CCCCCC(C(=O)O)S(=O)(=O)c1ccccc1. The number of carboxylic acids is 1. The van der Waals surface area contributed by atoms with E-state index in [9.17, 15) is 18.3 Å². The minimum absolute atomic E-state index is 0.0569. The standard InChI is InChI=1S/C20H24O5S/c1-25-18-14-9-8-11-16(18)10-4-2-7-15-19(20(21)22)26(23,24)17-12-5-3-6-13-17/h3,5-6,8-9,11-14,19H,2,4,7,10,15H2,1H3,(H,21,22). The Balaban J connectivity index is 1.91. The van der Waals surface area contributed by atoms with Crippen LogP contribution in [0.3, 0.4) is 0 Å². The van der Waals surface area contributed by atoms with Crippen LogP contribution in [-0.4, -0.2) is 31.9 Å². The molecule has 0 fully saturated rings. The first-order valence-electron chi connectivity index (χ1n) is 8.60. The second kappa shape index (κ2) is 9.38. The van der Waals surface area contributed by atoms with Gasteiger partial charge in [0.1, 0.15) is 5.75 Å². The predicted molar refractivity (Wildman–Crippen MR) is 100 cm³/mol. The minimum atomic E-state index is -3.87. The summed E-state index contributed by atoms with van der Waals surface area (Å²) in [5.74, 6) is -0.457. The zero-order valence-electron chi connectivity index (χ0n) is 14.8. The lowest BCUT2D eigenvalue weighted by Gasteiger charge is -2.14. The fourth-order valence-corrected chi connectivity index (χ4v) is 4.52. The van der Waals surface area contributed by atoms with Crippen molar-refractivity contribution in [1.82, 2.24) is 0 Å². The molecule has 1 unspecified atom stereocenters. The van der Waals surface area contributed by atoms with Crippen LogP contribution in [0.4, 0.5) is 0 Å². The van der Waals surface area contributed by atoms with Gasteiger partial charge in [-0.15, -0.1) is 0 Å². The van der Waals surface area contributed by atoms with Gasteiger partial charge in [0.15, 0.2) is 15.1 Å². The van der Waals surface area contributed by atoms with Gasteiger partial charge in [0.05, 0.1) is 12.0 Å². The van der Waals surface area contributed by atoms with E-state index in [1.807, 2.05) is 24.3 Å². The highest BCUT2D eigenvalue weighted by Crippen LogP contribution is 2.23. The Hall–Kier alpha value is -2.34. The predicted octanol–water partition coefficient (Wildman–Crippen LogP) is 3.73.